The number of aliphatic carboxylic acids is 2. The number of benzene rings is 1. The molecule has 0 fully saturated rings. The molecule has 0 aliphatic rings. The van der Waals surface area contributed by atoms with Crippen molar-refractivity contribution < 1.29 is 39.1 Å². The second-order valence-corrected chi connectivity index (χ2v) is 7.29. The maximum absolute atomic E-state index is 12.1. The summed E-state index contributed by atoms with van der Waals surface area (Å²) in [4.78, 5) is 30.8. The molecule has 0 spiro atoms. The van der Waals surface area contributed by atoms with E-state index in [1.165, 1.54) is 24.3 Å². The minimum absolute atomic E-state index is 0.127. The SMILES string of the molecule is N[C@@H](CCP(=O)(O)C(O)c1ccc(OCC(=O)O)cc1)C(=O)O. The third-order valence-corrected chi connectivity index (χ3v) is 4.96. The van der Waals surface area contributed by atoms with Crippen molar-refractivity contribution in [3.63, 3.8) is 0 Å². The van der Waals surface area contributed by atoms with Gasteiger partial charge in [0.25, 0.3) is 0 Å². The van der Waals surface area contributed by atoms with Gasteiger partial charge in [0.1, 0.15) is 11.8 Å². The van der Waals surface area contributed by atoms with Crippen LogP contribution < -0.4 is 10.5 Å². The molecule has 0 aliphatic carbocycles. The third-order valence-electron chi connectivity index (χ3n) is 3.00. The molecule has 9 nitrogen and oxygen atoms in total. The molecule has 0 radical (unpaired) electrons. The van der Waals surface area contributed by atoms with Crippen molar-refractivity contribution in [1.29, 1.82) is 0 Å². The molecule has 10 heteroatoms. The summed E-state index contributed by atoms with van der Waals surface area (Å²) >= 11 is 0. The maximum Gasteiger partial charge on any atom is 0.341 e. The second-order valence-electron chi connectivity index (χ2n) is 4.84. The molecule has 128 valence electrons. The number of aliphatic hydroxyl groups excluding tert-OH is 1. The van der Waals surface area contributed by atoms with Crippen LogP contribution in [-0.4, -0.2) is 51.0 Å². The van der Waals surface area contributed by atoms with Gasteiger partial charge in [-0.25, -0.2) is 4.79 Å². The first kappa shape index (κ1) is 19.1. The van der Waals surface area contributed by atoms with Gasteiger partial charge in [-0.05, 0) is 24.1 Å². The van der Waals surface area contributed by atoms with Gasteiger partial charge in [-0.1, -0.05) is 12.1 Å². The molecule has 0 amide bonds. The zero-order valence-electron chi connectivity index (χ0n) is 12.0. The quantitative estimate of drug-likeness (QED) is 0.392. The molecule has 0 bridgehead atoms. The van der Waals surface area contributed by atoms with Gasteiger partial charge in [0, 0.05) is 6.16 Å². The number of carboxylic acid groups (broad SMARTS) is 2. The Morgan fingerprint density at radius 2 is 1.78 bits per heavy atom. The highest BCUT2D eigenvalue weighted by Crippen LogP contribution is 2.54. The van der Waals surface area contributed by atoms with Gasteiger partial charge >= 0.3 is 11.9 Å². The Balaban J connectivity index is 2.71. The number of aliphatic hydroxyl groups is 1. The van der Waals surface area contributed by atoms with Crippen molar-refractivity contribution in [2.75, 3.05) is 12.8 Å². The Morgan fingerprint density at radius 3 is 2.26 bits per heavy atom. The maximum atomic E-state index is 12.1. The Bertz CT molecular complexity index is 602. The van der Waals surface area contributed by atoms with Crippen LogP contribution in [0.25, 0.3) is 0 Å². The summed E-state index contributed by atoms with van der Waals surface area (Å²) in [6.07, 6.45) is -0.696. The topological polar surface area (TPSA) is 167 Å². The molecule has 3 atom stereocenters. The lowest BCUT2D eigenvalue weighted by atomic mass is 10.2. The fourth-order valence-corrected chi connectivity index (χ4v) is 3.21. The van der Waals surface area contributed by atoms with E-state index in [9.17, 15) is 24.2 Å². The van der Waals surface area contributed by atoms with Crippen LogP contribution in [0.3, 0.4) is 0 Å². The number of rotatable bonds is 9. The standard InChI is InChI=1S/C13H18NO8P/c14-10(12(17)18)5-6-23(20,21)13(19)8-1-3-9(4-2-8)22-7-11(15)16/h1-4,10,13,19H,5-7,14H2,(H,15,16)(H,17,18)(H,20,21)/t10-,13?/m0/s1. The Labute approximate surface area is 131 Å². The van der Waals surface area contributed by atoms with Crippen LogP contribution in [0.1, 0.15) is 17.8 Å². The normalized spacial score (nSPS) is 16.1. The van der Waals surface area contributed by atoms with Crippen LogP contribution in [0.4, 0.5) is 0 Å². The van der Waals surface area contributed by atoms with Crippen molar-refractivity contribution in [2.24, 2.45) is 5.73 Å². The Morgan fingerprint density at radius 1 is 1.22 bits per heavy atom. The van der Waals surface area contributed by atoms with Crippen LogP contribution in [0.15, 0.2) is 24.3 Å². The number of hydrogen-bond acceptors (Lipinski definition) is 6. The molecule has 0 aliphatic heterocycles. The van der Waals surface area contributed by atoms with Crippen LogP contribution in [0.5, 0.6) is 5.75 Å². The fourth-order valence-electron chi connectivity index (χ4n) is 1.68. The predicted octanol–water partition coefficient (Wildman–Crippen LogP) is 0.213. The highest BCUT2D eigenvalue weighted by atomic mass is 31.2. The first-order valence-electron chi connectivity index (χ1n) is 6.56. The van der Waals surface area contributed by atoms with E-state index in [1.54, 1.807) is 0 Å². The van der Waals surface area contributed by atoms with Gasteiger partial charge in [0.05, 0.1) is 0 Å². The highest BCUT2D eigenvalue weighted by molar-refractivity contribution is 7.58. The monoisotopic (exact) mass is 347 g/mol. The van der Waals surface area contributed by atoms with E-state index in [0.717, 1.165) is 0 Å². The molecule has 1 aromatic carbocycles. The second kappa shape index (κ2) is 8.07. The number of hydrogen-bond donors (Lipinski definition) is 5. The molecule has 0 saturated heterocycles. The van der Waals surface area contributed by atoms with Gasteiger partial charge in [-0.2, -0.15) is 0 Å². The fraction of sp³-hybridized carbons (Fsp3) is 0.385. The van der Waals surface area contributed by atoms with Crippen molar-refractivity contribution in [3.8, 4) is 5.75 Å². The van der Waals surface area contributed by atoms with E-state index in [-0.39, 0.29) is 17.7 Å². The molecular formula is C13H18NO8P. The smallest absolute Gasteiger partial charge is 0.341 e. The van der Waals surface area contributed by atoms with Gasteiger partial charge < -0.3 is 30.7 Å². The van der Waals surface area contributed by atoms with Gasteiger partial charge in [-0.15, -0.1) is 0 Å². The van der Waals surface area contributed by atoms with E-state index in [4.69, 9.17) is 20.7 Å². The lowest BCUT2D eigenvalue weighted by Crippen LogP contribution is -2.31. The molecule has 6 N–H and O–H groups in total. The third kappa shape index (κ3) is 5.99. The first-order chi connectivity index (χ1) is 10.6. The summed E-state index contributed by atoms with van der Waals surface area (Å²) in [6.45, 7) is -0.534. The van der Waals surface area contributed by atoms with E-state index >= 15 is 0 Å². The average molecular weight is 347 g/mol. The summed E-state index contributed by atoms with van der Waals surface area (Å²) in [5.41, 5.74) is 5.39. The number of carbonyl (C=O) groups is 2. The highest BCUT2D eigenvalue weighted by Gasteiger charge is 2.31. The molecule has 1 aromatic rings. The summed E-state index contributed by atoms with van der Waals surface area (Å²) in [5.74, 6) is -3.91. The van der Waals surface area contributed by atoms with Crippen molar-refractivity contribution in [3.05, 3.63) is 29.8 Å². The van der Waals surface area contributed by atoms with Gasteiger partial charge in [-0.3, -0.25) is 9.36 Å². The zero-order chi connectivity index (χ0) is 17.6. The van der Waals surface area contributed by atoms with E-state index < -0.39 is 44.0 Å². The van der Waals surface area contributed by atoms with Crippen molar-refractivity contribution >= 4 is 19.3 Å². The summed E-state index contributed by atoms with van der Waals surface area (Å²) in [6, 6.07) is 4.06. The van der Waals surface area contributed by atoms with Crippen LogP contribution in [0, 0.1) is 0 Å². The Kier molecular flexibility index (Phi) is 6.71. The van der Waals surface area contributed by atoms with Gasteiger partial charge in [0.2, 0.25) is 7.37 Å². The first-order valence-corrected chi connectivity index (χ1v) is 8.47. The lowest BCUT2D eigenvalue weighted by molar-refractivity contribution is -0.139. The number of nitrogens with two attached hydrogens (primary N) is 1. The summed E-state index contributed by atoms with van der Waals surface area (Å²) < 4.78 is 17.0. The Hall–Kier alpha value is -1.93. The van der Waals surface area contributed by atoms with Crippen LogP contribution in [0.2, 0.25) is 0 Å². The molecular weight excluding hydrogens is 329 g/mol. The van der Waals surface area contributed by atoms with Gasteiger partial charge in [0.15, 0.2) is 12.5 Å². The van der Waals surface area contributed by atoms with Crippen LogP contribution in [-0.2, 0) is 14.2 Å². The molecule has 2 unspecified atom stereocenters. The average Bonchev–Trinajstić information content (AvgIpc) is 2.50. The number of ether oxygens (including phenoxy) is 1. The molecule has 0 aromatic heterocycles. The van der Waals surface area contributed by atoms with E-state index in [0.29, 0.717) is 0 Å². The summed E-state index contributed by atoms with van der Waals surface area (Å²) in [7, 11) is -4.07. The molecule has 1 rings (SSSR count). The zero-order valence-corrected chi connectivity index (χ0v) is 12.9. The minimum Gasteiger partial charge on any atom is -0.482 e. The number of carboxylic acids is 2. The van der Waals surface area contributed by atoms with E-state index in [1.807, 2.05) is 0 Å². The van der Waals surface area contributed by atoms with Crippen molar-refractivity contribution in [1.82, 2.24) is 0 Å². The lowest BCUT2D eigenvalue weighted by Gasteiger charge is -2.19. The largest absolute Gasteiger partial charge is 0.482 e. The van der Waals surface area contributed by atoms with Crippen molar-refractivity contribution in [2.45, 2.75) is 18.3 Å². The minimum atomic E-state index is -4.07. The van der Waals surface area contributed by atoms with Crippen LogP contribution >= 0.6 is 7.37 Å². The predicted molar refractivity (Wildman–Crippen MR) is 79.5 cm³/mol. The van der Waals surface area contributed by atoms with E-state index in [2.05, 4.69) is 0 Å². The summed E-state index contributed by atoms with van der Waals surface area (Å²) in [5, 5.41) is 27.1. The molecule has 0 saturated carbocycles. The molecule has 0 heterocycles. The molecule has 23 heavy (non-hydrogen) atoms.